The van der Waals surface area contributed by atoms with Gasteiger partial charge in [-0.2, -0.15) is 0 Å². The zero-order valence-electron chi connectivity index (χ0n) is 12.1. The maximum absolute atomic E-state index is 9.68. The molecule has 2 N–H and O–H groups in total. The molecule has 0 aromatic carbocycles. The summed E-state index contributed by atoms with van der Waals surface area (Å²) in [5.41, 5.74) is 0. The Morgan fingerprint density at radius 1 is 1.22 bits per heavy atom. The van der Waals surface area contributed by atoms with Crippen molar-refractivity contribution in [1.82, 2.24) is 10.2 Å². The molecule has 1 aliphatic carbocycles. The molecule has 4 unspecified atom stereocenters. The van der Waals surface area contributed by atoms with E-state index in [1.807, 2.05) is 6.92 Å². The number of nitrogens with zero attached hydrogens (tertiary/aromatic N) is 1. The van der Waals surface area contributed by atoms with Gasteiger partial charge in [-0.25, -0.2) is 0 Å². The molecule has 1 aliphatic heterocycles. The molecule has 1 saturated carbocycles. The van der Waals surface area contributed by atoms with Crippen molar-refractivity contribution in [3.8, 4) is 0 Å². The lowest BCUT2D eigenvalue weighted by atomic mass is 9.94. The summed E-state index contributed by atoms with van der Waals surface area (Å²) in [6, 6.07) is 0.707. The highest BCUT2D eigenvalue weighted by atomic mass is 16.3. The molecule has 2 fully saturated rings. The summed E-state index contributed by atoms with van der Waals surface area (Å²) >= 11 is 0. The molecule has 0 aromatic heterocycles. The normalized spacial score (nSPS) is 36.5. The average molecular weight is 254 g/mol. The van der Waals surface area contributed by atoms with E-state index in [1.165, 1.54) is 51.6 Å². The molecule has 0 amide bonds. The molecule has 0 bridgehead atoms. The molecule has 4 atom stereocenters. The molecule has 0 aromatic rings. The van der Waals surface area contributed by atoms with Crippen LogP contribution < -0.4 is 5.32 Å². The van der Waals surface area contributed by atoms with Gasteiger partial charge in [0.05, 0.1) is 6.10 Å². The lowest BCUT2D eigenvalue weighted by Crippen LogP contribution is -2.40. The minimum absolute atomic E-state index is 0.135. The third-order valence-corrected chi connectivity index (χ3v) is 5.01. The van der Waals surface area contributed by atoms with E-state index in [0.29, 0.717) is 12.0 Å². The van der Waals surface area contributed by atoms with Gasteiger partial charge in [0.2, 0.25) is 0 Å². The quantitative estimate of drug-likeness (QED) is 0.752. The number of rotatable bonds is 4. The second-order valence-corrected chi connectivity index (χ2v) is 6.34. The van der Waals surface area contributed by atoms with Gasteiger partial charge >= 0.3 is 0 Å². The molecule has 0 spiro atoms. The molecule has 2 aliphatic rings. The summed E-state index contributed by atoms with van der Waals surface area (Å²) in [5.74, 6) is 1.31. The number of hydrogen-bond acceptors (Lipinski definition) is 3. The van der Waals surface area contributed by atoms with Crippen LogP contribution in [0.3, 0.4) is 0 Å². The van der Waals surface area contributed by atoms with Crippen molar-refractivity contribution in [3.63, 3.8) is 0 Å². The first-order valence-electron chi connectivity index (χ1n) is 7.78. The van der Waals surface area contributed by atoms with E-state index >= 15 is 0 Å². The Labute approximate surface area is 112 Å². The fourth-order valence-electron chi connectivity index (χ4n) is 3.74. The molecule has 1 saturated heterocycles. The fourth-order valence-corrected chi connectivity index (χ4v) is 3.74. The number of nitrogens with one attached hydrogen (secondary N) is 1. The molecular weight excluding hydrogens is 224 g/mol. The molecular formula is C15H30N2O. The first-order chi connectivity index (χ1) is 8.70. The Hall–Kier alpha value is -0.120. The van der Waals surface area contributed by atoms with Crippen molar-refractivity contribution < 1.29 is 5.11 Å². The third-order valence-electron chi connectivity index (χ3n) is 5.01. The van der Waals surface area contributed by atoms with E-state index in [0.717, 1.165) is 12.5 Å². The predicted molar refractivity (Wildman–Crippen MR) is 75.7 cm³/mol. The highest BCUT2D eigenvalue weighted by molar-refractivity contribution is 4.85. The first kappa shape index (κ1) is 14.3. The molecule has 3 nitrogen and oxygen atoms in total. The van der Waals surface area contributed by atoms with Crippen LogP contribution >= 0.6 is 0 Å². The van der Waals surface area contributed by atoms with Crippen LogP contribution in [0.25, 0.3) is 0 Å². The molecule has 1 heterocycles. The van der Waals surface area contributed by atoms with Crippen molar-refractivity contribution >= 4 is 0 Å². The SMILES string of the molecule is CNC1CCCCCC1CN1CCC(C(C)O)C1. The largest absolute Gasteiger partial charge is 0.393 e. The van der Waals surface area contributed by atoms with Crippen LogP contribution in [-0.4, -0.2) is 48.8 Å². The van der Waals surface area contributed by atoms with Gasteiger partial charge in [0, 0.05) is 19.1 Å². The van der Waals surface area contributed by atoms with Crippen LogP contribution in [0.5, 0.6) is 0 Å². The van der Waals surface area contributed by atoms with E-state index in [2.05, 4.69) is 17.3 Å². The minimum atomic E-state index is -0.135. The van der Waals surface area contributed by atoms with Crippen LogP contribution in [0.4, 0.5) is 0 Å². The lowest BCUT2D eigenvalue weighted by molar-refractivity contribution is 0.124. The molecule has 0 radical (unpaired) electrons. The van der Waals surface area contributed by atoms with Gasteiger partial charge in [-0.15, -0.1) is 0 Å². The summed E-state index contributed by atoms with van der Waals surface area (Å²) in [4.78, 5) is 2.58. The summed E-state index contributed by atoms with van der Waals surface area (Å²) < 4.78 is 0. The van der Waals surface area contributed by atoms with Gasteiger partial charge in [-0.05, 0) is 51.6 Å². The van der Waals surface area contributed by atoms with Crippen molar-refractivity contribution in [2.75, 3.05) is 26.7 Å². The van der Waals surface area contributed by atoms with Crippen LogP contribution in [0.2, 0.25) is 0 Å². The zero-order chi connectivity index (χ0) is 13.0. The Morgan fingerprint density at radius 2 is 2.00 bits per heavy atom. The van der Waals surface area contributed by atoms with Crippen molar-refractivity contribution in [2.45, 2.75) is 57.6 Å². The first-order valence-corrected chi connectivity index (χ1v) is 7.78. The van der Waals surface area contributed by atoms with Gasteiger partial charge in [0.25, 0.3) is 0 Å². The van der Waals surface area contributed by atoms with Crippen LogP contribution in [0.1, 0.15) is 45.4 Å². The Bertz CT molecular complexity index is 245. The highest BCUT2D eigenvalue weighted by Crippen LogP contribution is 2.27. The zero-order valence-corrected chi connectivity index (χ0v) is 12.1. The lowest BCUT2D eigenvalue weighted by Gasteiger charge is -2.29. The van der Waals surface area contributed by atoms with E-state index in [1.54, 1.807) is 0 Å². The standard InChI is InChI=1S/C15H30N2O/c1-12(18)13-8-9-17(10-13)11-14-6-4-3-5-7-15(14)16-2/h12-16,18H,3-11H2,1-2H3. The minimum Gasteiger partial charge on any atom is -0.393 e. The molecule has 106 valence electrons. The van der Waals surface area contributed by atoms with E-state index < -0.39 is 0 Å². The average Bonchev–Trinajstić information content (AvgIpc) is 2.70. The van der Waals surface area contributed by atoms with E-state index in [9.17, 15) is 5.11 Å². The summed E-state index contributed by atoms with van der Waals surface area (Å²) in [6.07, 6.45) is 7.95. The van der Waals surface area contributed by atoms with Gasteiger partial charge in [-0.1, -0.05) is 19.3 Å². The summed E-state index contributed by atoms with van der Waals surface area (Å²) in [6.45, 7) is 5.46. The van der Waals surface area contributed by atoms with Gasteiger partial charge in [0.15, 0.2) is 0 Å². The molecule has 18 heavy (non-hydrogen) atoms. The molecule has 2 rings (SSSR count). The second kappa shape index (κ2) is 6.88. The van der Waals surface area contributed by atoms with Crippen LogP contribution in [0, 0.1) is 11.8 Å². The predicted octanol–water partition coefficient (Wildman–Crippen LogP) is 1.86. The van der Waals surface area contributed by atoms with Crippen LogP contribution in [-0.2, 0) is 0 Å². The van der Waals surface area contributed by atoms with Gasteiger partial charge in [0.1, 0.15) is 0 Å². The number of hydrogen-bond donors (Lipinski definition) is 2. The third kappa shape index (κ3) is 3.69. The fraction of sp³-hybridized carbons (Fsp3) is 1.00. The van der Waals surface area contributed by atoms with Crippen molar-refractivity contribution in [3.05, 3.63) is 0 Å². The molecule has 3 heteroatoms. The summed E-state index contributed by atoms with van der Waals surface area (Å²) in [7, 11) is 2.12. The smallest absolute Gasteiger partial charge is 0.0552 e. The van der Waals surface area contributed by atoms with Gasteiger partial charge in [-0.3, -0.25) is 0 Å². The van der Waals surface area contributed by atoms with E-state index in [4.69, 9.17) is 0 Å². The van der Waals surface area contributed by atoms with E-state index in [-0.39, 0.29) is 6.10 Å². The Morgan fingerprint density at radius 3 is 2.67 bits per heavy atom. The number of likely N-dealkylation sites (tertiary alicyclic amines) is 1. The summed E-state index contributed by atoms with van der Waals surface area (Å²) in [5, 5.41) is 13.2. The highest BCUT2D eigenvalue weighted by Gasteiger charge is 2.30. The second-order valence-electron chi connectivity index (χ2n) is 6.34. The van der Waals surface area contributed by atoms with Crippen LogP contribution in [0.15, 0.2) is 0 Å². The monoisotopic (exact) mass is 254 g/mol. The maximum Gasteiger partial charge on any atom is 0.0552 e. The van der Waals surface area contributed by atoms with Crippen molar-refractivity contribution in [2.24, 2.45) is 11.8 Å². The number of aliphatic hydroxyl groups excluding tert-OH is 1. The van der Waals surface area contributed by atoms with Crippen molar-refractivity contribution in [1.29, 1.82) is 0 Å². The topological polar surface area (TPSA) is 35.5 Å². The Kier molecular flexibility index (Phi) is 5.46. The maximum atomic E-state index is 9.68. The van der Waals surface area contributed by atoms with Gasteiger partial charge < -0.3 is 15.3 Å². The number of aliphatic hydroxyl groups is 1. The Balaban J connectivity index is 1.84.